The number of piperidine rings is 1. The number of hydrogen-bond acceptors (Lipinski definition) is 2. The monoisotopic (exact) mass is 710 g/mol. The molecule has 1 fully saturated rings. The van der Waals surface area contributed by atoms with E-state index in [2.05, 4.69) is 23.6 Å². The van der Waals surface area contributed by atoms with Crippen LogP contribution in [0.4, 0.5) is 5.69 Å². The third-order valence-corrected chi connectivity index (χ3v) is 4.97. The Bertz CT molecular complexity index is 664. The Hall–Kier alpha value is -0.338. The predicted molar refractivity (Wildman–Crippen MR) is 142 cm³/mol. The van der Waals surface area contributed by atoms with E-state index in [0.717, 1.165) is 23.2 Å². The minimum Gasteiger partial charge on any atom is -0.490 e. The van der Waals surface area contributed by atoms with E-state index in [1.54, 1.807) is 6.41 Å². The molecule has 1 heterocycles. The first kappa shape index (κ1) is 38.2. The number of rotatable bonds is 9. The van der Waals surface area contributed by atoms with Crippen LogP contribution in [0.15, 0.2) is 54.6 Å². The third kappa shape index (κ3) is 18.0. The van der Waals surface area contributed by atoms with Gasteiger partial charge in [-0.2, -0.15) is 19.3 Å². The number of anilines is 1. The molecule has 187 valence electrons. The van der Waals surface area contributed by atoms with Crippen LogP contribution in [0.25, 0.3) is 11.1 Å². The Labute approximate surface area is 250 Å². The topological polar surface area (TPSA) is 32.3 Å². The van der Waals surface area contributed by atoms with Gasteiger partial charge in [-0.15, -0.1) is 11.8 Å². The average molecular weight is 710 g/mol. The zero-order valence-corrected chi connectivity index (χ0v) is 27.7. The van der Waals surface area contributed by atoms with Gasteiger partial charge in [-0.25, -0.2) is 0 Å². The maximum absolute atomic E-state index is 10.3. The molecule has 0 saturated carbocycles. The molecular weight excluding hydrogens is 665 g/mol. The molecular formula is C29H45N2OWY-. The van der Waals surface area contributed by atoms with Crippen LogP contribution >= 0.6 is 0 Å². The van der Waals surface area contributed by atoms with E-state index >= 15 is 0 Å². The molecule has 3 nitrogen and oxygen atoms in total. The van der Waals surface area contributed by atoms with Crippen molar-refractivity contribution in [3.05, 3.63) is 67.9 Å². The third-order valence-electron chi connectivity index (χ3n) is 4.97. The van der Waals surface area contributed by atoms with Gasteiger partial charge in [0.2, 0.25) is 0 Å². The molecule has 0 bridgehead atoms. The maximum atomic E-state index is 10.3. The number of likely N-dealkylation sites (tertiary alicyclic amines) is 1. The van der Waals surface area contributed by atoms with Gasteiger partial charge in [-0.1, -0.05) is 101 Å². The molecule has 1 N–H and O–H groups in total. The van der Waals surface area contributed by atoms with Crippen LogP contribution in [0.1, 0.15) is 72.6 Å². The molecule has 0 spiro atoms. The Morgan fingerprint density at radius 2 is 1.44 bits per heavy atom. The van der Waals surface area contributed by atoms with E-state index < -0.39 is 0 Å². The van der Waals surface area contributed by atoms with Crippen LogP contribution in [-0.2, 0) is 58.6 Å². The molecule has 2 aromatic carbocycles. The van der Waals surface area contributed by atoms with Crippen molar-refractivity contribution in [1.29, 1.82) is 0 Å². The fourth-order valence-electron chi connectivity index (χ4n) is 3.41. The Kier molecular flexibility index (Phi) is 32.5. The molecule has 1 aliphatic heterocycles. The molecule has 5 heteroatoms. The number of para-hydroxylation sites is 1. The van der Waals surface area contributed by atoms with Gasteiger partial charge in [-0.3, -0.25) is 0 Å². The summed E-state index contributed by atoms with van der Waals surface area (Å²) in [5.41, 5.74) is 2.86. The average Bonchev–Trinajstić information content (AvgIpc) is 2.88. The molecule has 1 radical (unpaired) electrons. The van der Waals surface area contributed by atoms with E-state index in [1.807, 2.05) is 82.3 Å². The summed E-state index contributed by atoms with van der Waals surface area (Å²) in [5.74, 6) is 0. The van der Waals surface area contributed by atoms with Crippen LogP contribution in [0.5, 0.6) is 0 Å². The normalized spacial score (nSPS) is 11.9. The van der Waals surface area contributed by atoms with Gasteiger partial charge >= 0.3 is 21.1 Å². The molecule has 3 rings (SSSR count). The first-order chi connectivity index (χ1) is 15.8. The summed E-state index contributed by atoms with van der Waals surface area (Å²) in [4.78, 5) is 12.9. The Morgan fingerprint density at radius 1 is 0.882 bits per heavy atom. The summed E-state index contributed by atoms with van der Waals surface area (Å²) < 4.78 is 0. The second kappa shape index (κ2) is 28.9. The zero-order chi connectivity index (χ0) is 23.9. The summed E-state index contributed by atoms with van der Waals surface area (Å²) >= 11 is 0. The summed E-state index contributed by atoms with van der Waals surface area (Å²) in [6.45, 7) is 15.8. The fraction of sp³-hybridized carbons (Fsp3) is 0.483. The van der Waals surface area contributed by atoms with Gasteiger partial charge in [0.25, 0.3) is 0 Å². The summed E-state index contributed by atoms with van der Waals surface area (Å²) in [6, 6.07) is 17.6. The molecule has 0 atom stereocenters. The minimum absolute atomic E-state index is 0. The van der Waals surface area contributed by atoms with Crippen LogP contribution in [0.3, 0.4) is 0 Å². The van der Waals surface area contributed by atoms with Crippen LogP contribution in [0.2, 0.25) is 0 Å². The van der Waals surface area contributed by atoms with E-state index in [-0.39, 0.29) is 53.8 Å². The Balaban J connectivity index is -0.000000472. The summed E-state index contributed by atoms with van der Waals surface area (Å²) in [6.07, 6.45) is 13.3. The van der Waals surface area contributed by atoms with Gasteiger partial charge in [0.15, 0.2) is 0 Å². The first-order valence-electron chi connectivity index (χ1n) is 12.5. The predicted octanol–water partition coefficient (Wildman–Crippen LogP) is 7.95. The van der Waals surface area contributed by atoms with Crippen molar-refractivity contribution in [2.24, 2.45) is 0 Å². The van der Waals surface area contributed by atoms with E-state index in [4.69, 9.17) is 0 Å². The van der Waals surface area contributed by atoms with Crippen molar-refractivity contribution in [2.75, 3.05) is 25.0 Å². The van der Waals surface area contributed by atoms with Crippen molar-refractivity contribution in [3.8, 4) is 11.1 Å². The van der Waals surface area contributed by atoms with Crippen LogP contribution in [-0.4, -0.2) is 30.9 Å². The van der Waals surface area contributed by atoms with Crippen molar-refractivity contribution in [3.63, 3.8) is 0 Å². The molecule has 0 unspecified atom stereocenters. The van der Waals surface area contributed by atoms with E-state index in [9.17, 15) is 4.79 Å². The molecule has 34 heavy (non-hydrogen) atoms. The number of benzene rings is 2. The largest absolute Gasteiger partial charge is 2.00 e. The second-order valence-corrected chi connectivity index (χ2v) is 7.11. The smallest absolute Gasteiger partial charge is 0.490 e. The van der Waals surface area contributed by atoms with Crippen molar-refractivity contribution >= 4 is 12.1 Å². The van der Waals surface area contributed by atoms with Gasteiger partial charge < -0.3 is 28.4 Å². The summed E-state index contributed by atoms with van der Waals surface area (Å²) in [5, 5.41) is 2.57. The SMILES string of the molecule is CC.CC.O=[C-]Nc1ccccc1-c1ccccc1.[CH2-]CCCCCCN1CC[CH-]CC1.[W+2].[Y]. The molecule has 1 saturated heterocycles. The van der Waals surface area contributed by atoms with Crippen molar-refractivity contribution in [1.82, 2.24) is 4.90 Å². The molecule has 0 aliphatic carbocycles. The number of hydrogen-bond donors (Lipinski definition) is 1. The van der Waals surface area contributed by atoms with Gasteiger partial charge in [0, 0.05) is 32.7 Å². The number of amides is 1. The number of unbranched alkanes of at least 4 members (excludes halogenated alkanes) is 4. The number of carbonyl (C=O) groups excluding carboxylic acids is 1. The number of nitrogens with zero attached hydrogens (tertiary/aromatic N) is 1. The minimum atomic E-state index is 0. The van der Waals surface area contributed by atoms with Crippen molar-refractivity contribution < 1.29 is 58.6 Å². The fourth-order valence-corrected chi connectivity index (χ4v) is 3.41. The molecule has 2 aromatic rings. The standard InChI is InChI=1S/C13H10NO.C12H23N.2C2H6.W.Y/c15-10-14-13-9-5-4-8-12(13)11-6-2-1-3-7-11;1-2-3-4-5-7-10-13-11-8-6-9-12-13;2*1-2;;/h1-9H,(H,14,15);6H,1-5,7-12H2;2*1-2H3;;/q-1;-2;;;+2;. The van der Waals surface area contributed by atoms with E-state index in [0.29, 0.717) is 0 Å². The maximum Gasteiger partial charge on any atom is 2.00 e. The zero-order valence-electron chi connectivity index (χ0n) is 21.9. The Morgan fingerprint density at radius 3 is 2.03 bits per heavy atom. The molecule has 0 aromatic heterocycles. The number of nitrogens with one attached hydrogen (secondary N) is 1. The first-order valence-corrected chi connectivity index (χ1v) is 12.5. The van der Waals surface area contributed by atoms with Gasteiger partial charge in [0.05, 0.1) is 6.41 Å². The van der Waals surface area contributed by atoms with Gasteiger partial charge in [-0.05, 0) is 31.6 Å². The quantitative estimate of drug-likeness (QED) is 0.163. The molecule has 1 amide bonds. The van der Waals surface area contributed by atoms with Gasteiger partial charge in [0.1, 0.15) is 0 Å². The summed E-state index contributed by atoms with van der Waals surface area (Å²) in [7, 11) is 0. The van der Waals surface area contributed by atoms with Crippen molar-refractivity contribution in [2.45, 2.75) is 72.6 Å². The van der Waals surface area contributed by atoms with Crippen LogP contribution in [0, 0.1) is 13.3 Å². The molecule has 1 aliphatic rings. The van der Waals surface area contributed by atoms with E-state index in [1.165, 1.54) is 58.2 Å². The van der Waals surface area contributed by atoms with Crippen LogP contribution < -0.4 is 5.32 Å². The second-order valence-electron chi connectivity index (χ2n) is 7.11.